The molecule has 0 aliphatic rings. The highest BCUT2D eigenvalue weighted by Crippen LogP contribution is 2.25. The van der Waals surface area contributed by atoms with Gasteiger partial charge < -0.3 is 19.4 Å². The van der Waals surface area contributed by atoms with E-state index in [0.29, 0.717) is 17.0 Å². The van der Waals surface area contributed by atoms with Crippen LogP contribution in [0.15, 0.2) is 30.5 Å². The van der Waals surface area contributed by atoms with Gasteiger partial charge in [-0.1, -0.05) is 6.07 Å². The SMILES string of the molecule is COc1ccc(C)cc1NC(=O)COC(=O)c1cc(C(C)=O)cn1C. The number of ether oxygens (including phenoxy) is 2. The van der Waals surface area contributed by atoms with Crippen LogP contribution < -0.4 is 10.1 Å². The fourth-order valence-electron chi connectivity index (χ4n) is 2.27. The number of aryl methyl sites for hydroxylation is 2. The van der Waals surface area contributed by atoms with Gasteiger partial charge in [0.15, 0.2) is 12.4 Å². The third-order valence-electron chi connectivity index (χ3n) is 3.58. The number of methoxy groups -OCH3 is 1. The Labute approximate surface area is 145 Å². The van der Waals surface area contributed by atoms with E-state index >= 15 is 0 Å². The maximum atomic E-state index is 12.1. The number of Topliss-reactive ketones (excluding diaryl/α,β-unsaturated/α-hetero) is 1. The summed E-state index contributed by atoms with van der Waals surface area (Å²) in [6.45, 7) is 2.85. The molecule has 0 unspecified atom stereocenters. The summed E-state index contributed by atoms with van der Waals surface area (Å²) in [5.74, 6) is -0.808. The predicted octanol–water partition coefficient (Wildman–Crippen LogP) is 2.34. The molecular formula is C18H20N2O5. The summed E-state index contributed by atoms with van der Waals surface area (Å²) in [5, 5.41) is 2.65. The molecule has 0 fully saturated rings. The van der Waals surface area contributed by atoms with E-state index in [9.17, 15) is 14.4 Å². The Balaban J connectivity index is 1.99. The highest BCUT2D eigenvalue weighted by atomic mass is 16.5. The first-order valence-electron chi connectivity index (χ1n) is 7.60. The molecule has 25 heavy (non-hydrogen) atoms. The molecule has 7 heteroatoms. The van der Waals surface area contributed by atoms with Gasteiger partial charge in [0.2, 0.25) is 0 Å². The topological polar surface area (TPSA) is 86.6 Å². The van der Waals surface area contributed by atoms with Gasteiger partial charge in [-0.15, -0.1) is 0 Å². The van der Waals surface area contributed by atoms with Crippen molar-refractivity contribution in [1.29, 1.82) is 0 Å². The molecule has 0 saturated carbocycles. The monoisotopic (exact) mass is 344 g/mol. The van der Waals surface area contributed by atoms with E-state index in [1.165, 1.54) is 30.9 Å². The number of hydrogen-bond donors (Lipinski definition) is 1. The van der Waals surface area contributed by atoms with Crippen LogP contribution in [-0.4, -0.2) is 35.9 Å². The third-order valence-corrected chi connectivity index (χ3v) is 3.58. The highest BCUT2D eigenvalue weighted by Gasteiger charge is 2.17. The van der Waals surface area contributed by atoms with Crippen LogP contribution in [0.1, 0.15) is 33.3 Å². The van der Waals surface area contributed by atoms with Crippen molar-refractivity contribution in [2.75, 3.05) is 19.0 Å². The fourth-order valence-corrected chi connectivity index (χ4v) is 2.27. The molecule has 1 aromatic heterocycles. The number of nitrogens with one attached hydrogen (secondary N) is 1. The van der Waals surface area contributed by atoms with Gasteiger partial charge in [0.05, 0.1) is 12.8 Å². The summed E-state index contributed by atoms with van der Waals surface area (Å²) in [4.78, 5) is 35.4. The molecule has 0 spiro atoms. The molecule has 0 atom stereocenters. The lowest BCUT2D eigenvalue weighted by molar-refractivity contribution is -0.119. The van der Waals surface area contributed by atoms with Crippen molar-refractivity contribution in [2.45, 2.75) is 13.8 Å². The summed E-state index contributed by atoms with van der Waals surface area (Å²) >= 11 is 0. The maximum absolute atomic E-state index is 12.1. The van der Waals surface area contributed by atoms with E-state index in [0.717, 1.165) is 5.56 Å². The largest absolute Gasteiger partial charge is 0.495 e. The van der Waals surface area contributed by atoms with Gasteiger partial charge >= 0.3 is 5.97 Å². The zero-order chi connectivity index (χ0) is 18.6. The molecule has 2 rings (SSSR count). The van der Waals surface area contributed by atoms with Crippen molar-refractivity contribution in [1.82, 2.24) is 4.57 Å². The van der Waals surface area contributed by atoms with E-state index in [1.54, 1.807) is 19.2 Å². The molecule has 1 amide bonds. The van der Waals surface area contributed by atoms with E-state index in [4.69, 9.17) is 9.47 Å². The smallest absolute Gasteiger partial charge is 0.355 e. The minimum absolute atomic E-state index is 0.154. The molecule has 132 valence electrons. The van der Waals surface area contributed by atoms with Gasteiger partial charge in [-0.05, 0) is 37.6 Å². The van der Waals surface area contributed by atoms with Gasteiger partial charge in [0, 0.05) is 18.8 Å². The van der Waals surface area contributed by atoms with Crippen LogP contribution in [0.4, 0.5) is 5.69 Å². The van der Waals surface area contributed by atoms with Gasteiger partial charge in [0.25, 0.3) is 5.91 Å². The van der Waals surface area contributed by atoms with Crippen molar-refractivity contribution < 1.29 is 23.9 Å². The minimum Gasteiger partial charge on any atom is -0.495 e. The van der Waals surface area contributed by atoms with E-state index in [2.05, 4.69) is 5.32 Å². The number of carbonyl (C=O) groups excluding carboxylic acids is 3. The van der Waals surface area contributed by atoms with Crippen molar-refractivity contribution in [2.24, 2.45) is 7.05 Å². The third kappa shape index (κ3) is 4.47. The second-order valence-corrected chi connectivity index (χ2v) is 5.61. The van der Waals surface area contributed by atoms with E-state index in [1.807, 2.05) is 13.0 Å². The fraction of sp³-hybridized carbons (Fsp3) is 0.278. The lowest BCUT2D eigenvalue weighted by Crippen LogP contribution is -2.22. The van der Waals surface area contributed by atoms with Crippen LogP contribution in [0.25, 0.3) is 0 Å². The normalized spacial score (nSPS) is 10.2. The van der Waals surface area contributed by atoms with Crippen molar-refractivity contribution >= 4 is 23.3 Å². The standard InChI is InChI=1S/C18H20N2O5/c1-11-5-6-16(24-4)14(7-11)19-17(22)10-25-18(23)15-8-13(12(2)21)9-20(15)3/h5-9H,10H2,1-4H3,(H,19,22). The Morgan fingerprint density at radius 2 is 1.92 bits per heavy atom. The molecule has 2 aromatic rings. The summed E-state index contributed by atoms with van der Waals surface area (Å²) in [6.07, 6.45) is 1.54. The molecule has 0 radical (unpaired) electrons. The second kappa shape index (κ2) is 7.65. The van der Waals surface area contributed by atoms with Crippen LogP contribution >= 0.6 is 0 Å². The van der Waals surface area contributed by atoms with Crippen molar-refractivity contribution in [3.05, 3.63) is 47.3 Å². The number of nitrogens with zero attached hydrogens (tertiary/aromatic N) is 1. The van der Waals surface area contributed by atoms with Gasteiger partial charge in [-0.2, -0.15) is 0 Å². The maximum Gasteiger partial charge on any atom is 0.355 e. The molecule has 1 aromatic carbocycles. The number of hydrogen-bond acceptors (Lipinski definition) is 5. The van der Waals surface area contributed by atoms with Crippen LogP contribution in [0.2, 0.25) is 0 Å². The number of carbonyl (C=O) groups is 3. The summed E-state index contributed by atoms with van der Waals surface area (Å²) in [5.41, 5.74) is 2.06. The zero-order valence-corrected chi connectivity index (χ0v) is 14.6. The molecule has 0 bridgehead atoms. The Morgan fingerprint density at radius 3 is 2.52 bits per heavy atom. The lowest BCUT2D eigenvalue weighted by atomic mass is 10.2. The number of rotatable bonds is 6. The van der Waals surface area contributed by atoms with E-state index in [-0.39, 0.29) is 11.5 Å². The molecule has 7 nitrogen and oxygen atoms in total. The first-order valence-corrected chi connectivity index (χ1v) is 7.60. The number of aromatic nitrogens is 1. The molecule has 0 aliphatic carbocycles. The van der Waals surface area contributed by atoms with Crippen LogP contribution in [-0.2, 0) is 16.6 Å². The highest BCUT2D eigenvalue weighted by molar-refractivity contribution is 5.99. The van der Waals surface area contributed by atoms with Gasteiger partial charge in [0.1, 0.15) is 11.4 Å². The Bertz CT molecular complexity index is 823. The Morgan fingerprint density at radius 1 is 1.20 bits per heavy atom. The number of esters is 1. The van der Waals surface area contributed by atoms with Crippen LogP contribution in [0.5, 0.6) is 5.75 Å². The van der Waals surface area contributed by atoms with Crippen molar-refractivity contribution in [3.8, 4) is 5.75 Å². The van der Waals surface area contributed by atoms with Crippen molar-refractivity contribution in [3.63, 3.8) is 0 Å². The Kier molecular flexibility index (Phi) is 5.59. The number of benzene rings is 1. The molecule has 0 saturated heterocycles. The zero-order valence-electron chi connectivity index (χ0n) is 14.6. The van der Waals surface area contributed by atoms with Gasteiger partial charge in [-0.3, -0.25) is 9.59 Å². The average Bonchev–Trinajstić information content (AvgIpc) is 2.95. The minimum atomic E-state index is -0.679. The lowest BCUT2D eigenvalue weighted by Gasteiger charge is -2.11. The van der Waals surface area contributed by atoms with Crippen LogP contribution in [0, 0.1) is 6.92 Å². The first-order chi connectivity index (χ1) is 11.8. The molecule has 1 N–H and O–H groups in total. The van der Waals surface area contributed by atoms with Crippen LogP contribution in [0.3, 0.4) is 0 Å². The summed E-state index contributed by atoms with van der Waals surface area (Å²) in [7, 11) is 3.13. The molecular weight excluding hydrogens is 324 g/mol. The predicted molar refractivity (Wildman–Crippen MR) is 92.1 cm³/mol. The number of anilines is 1. The summed E-state index contributed by atoms with van der Waals surface area (Å²) in [6, 6.07) is 6.79. The summed E-state index contributed by atoms with van der Waals surface area (Å²) < 4.78 is 11.7. The quantitative estimate of drug-likeness (QED) is 0.642. The number of amides is 1. The average molecular weight is 344 g/mol. The molecule has 1 heterocycles. The first kappa shape index (κ1) is 18.3. The number of ketones is 1. The Hall–Kier alpha value is -3.09. The second-order valence-electron chi connectivity index (χ2n) is 5.61. The van der Waals surface area contributed by atoms with Gasteiger partial charge in [-0.25, -0.2) is 4.79 Å². The molecule has 0 aliphatic heterocycles. The van der Waals surface area contributed by atoms with E-state index < -0.39 is 18.5 Å².